The summed E-state index contributed by atoms with van der Waals surface area (Å²) >= 11 is 0. The number of nitrogens with one attached hydrogen (secondary N) is 1. The van der Waals surface area contributed by atoms with Gasteiger partial charge in [0.15, 0.2) is 0 Å². The van der Waals surface area contributed by atoms with E-state index in [1.807, 2.05) is 26.0 Å². The highest BCUT2D eigenvalue weighted by atomic mass is 16.5. The summed E-state index contributed by atoms with van der Waals surface area (Å²) in [5.41, 5.74) is 8.59. The first-order valence-electron chi connectivity index (χ1n) is 19.8. The van der Waals surface area contributed by atoms with Gasteiger partial charge in [0.05, 0.1) is 20.1 Å². The Morgan fingerprint density at radius 2 is 1.89 bits per heavy atom. The number of H-pyrrole nitrogens is 1. The summed E-state index contributed by atoms with van der Waals surface area (Å²) < 4.78 is 16.4. The van der Waals surface area contributed by atoms with Crippen LogP contribution < -0.4 is 9.64 Å². The molecule has 0 amide bonds. The zero-order valence-electron chi connectivity index (χ0n) is 33.6. The molecule has 5 heterocycles. The first-order valence-corrected chi connectivity index (χ1v) is 19.8. The van der Waals surface area contributed by atoms with Gasteiger partial charge in [-0.15, -0.1) is 0 Å². The van der Waals surface area contributed by atoms with Gasteiger partial charge in [0.2, 0.25) is 0 Å². The van der Waals surface area contributed by atoms with E-state index in [2.05, 4.69) is 95.8 Å². The van der Waals surface area contributed by atoms with E-state index in [9.17, 15) is 9.59 Å². The summed E-state index contributed by atoms with van der Waals surface area (Å²) in [7, 11) is 7.51. The van der Waals surface area contributed by atoms with Gasteiger partial charge in [0, 0.05) is 91.8 Å². The normalized spacial score (nSPS) is 28.0. The Hall–Kier alpha value is -4.34. The number of allylic oxidation sites excluding steroid dienone is 1. The minimum absolute atomic E-state index is 0.0496. The van der Waals surface area contributed by atoms with Crippen molar-refractivity contribution in [2.24, 2.45) is 5.92 Å². The molecular formula is C45H60N4O5. The van der Waals surface area contributed by atoms with Crippen LogP contribution in [-0.4, -0.2) is 92.9 Å². The van der Waals surface area contributed by atoms with E-state index in [0.717, 1.165) is 80.8 Å². The molecule has 9 heteroatoms. The van der Waals surface area contributed by atoms with Gasteiger partial charge >= 0.3 is 11.9 Å². The summed E-state index contributed by atoms with van der Waals surface area (Å²) in [6.07, 6.45) is 13.4. The van der Waals surface area contributed by atoms with Crippen LogP contribution in [0.3, 0.4) is 0 Å². The molecule has 1 saturated heterocycles. The Labute approximate surface area is 322 Å². The number of nitrogens with zero attached hydrogens (tertiary/aromatic N) is 3. The highest BCUT2D eigenvalue weighted by Gasteiger charge is 2.65. The molecule has 1 saturated carbocycles. The second kappa shape index (κ2) is 16.6. The fraction of sp³-hybridized carbons (Fsp3) is 0.511. The quantitative estimate of drug-likeness (QED) is 0.208. The van der Waals surface area contributed by atoms with Gasteiger partial charge in [-0.2, -0.15) is 0 Å². The summed E-state index contributed by atoms with van der Waals surface area (Å²) in [4.78, 5) is 35.1. The molecule has 5 aliphatic rings. The maximum absolute atomic E-state index is 12.5. The summed E-state index contributed by atoms with van der Waals surface area (Å²) in [6.45, 7) is 15.4. The number of carbonyl (C=O) groups is 2. The van der Waals surface area contributed by atoms with E-state index in [4.69, 9.17) is 14.2 Å². The molecule has 2 fully saturated rings. The number of carbonyl (C=O) groups excluding carboxylic acids is 2. The van der Waals surface area contributed by atoms with E-state index >= 15 is 0 Å². The zero-order chi connectivity index (χ0) is 38.7. The van der Waals surface area contributed by atoms with Crippen molar-refractivity contribution in [1.29, 1.82) is 0 Å². The minimum Gasteiger partial charge on any atom is -0.497 e. The van der Waals surface area contributed by atoms with Crippen LogP contribution >= 0.6 is 0 Å². The topological polar surface area (TPSA) is 87.3 Å². The van der Waals surface area contributed by atoms with Crippen molar-refractivity contribution in [3.8, 4) is 5.75 Å². The summed E-state index contributed by atoms with van der Waals surface area (Å²) in [5.74, 6) is 0.558. The van der Waals surface area contributed by atoms with E-state index in [1.165, 1.54) is 41.8 Å². The third-order valence-electron chi connectivity index (χ3n) is 12.4. The SMILES string of the molecule is C=Cc1ccc2[nH]c3c(c2c1)CN(C)C/C(CC)=C\CCC3C(=O)OC.CC.COc1ccc2c(c1)N(C)C1CC(OC(C)=O)C3C=CCN4CC[C@]21C34. The number of likely N-dealkylation sites (N-methyl/N-ethyl adjacent to an activating group) is 2. The number of methoxy groups -OCH3 is 2. The van der Waals surface area contributed by atoms with Gasteiger partial charge in [0.1, 0.15) is 11.9 Å². The molecule has 0 bridgehead atoms. The Bertz CT molecular complexity index is 1910. The van der Waals surface area contributed by atoms with Crippen molar-refractivity contribution < 1.29 is 23.8 Å². The van der Waals surface area contributed by atoms with Crippen LogP contribution in [0.5, 0.6) is 5.75 Å². The molecule has 1 aromatic heterocycles. The molecule has 2 aromatic carbocycles. The number of aromatic nitrogens is 1. The number of aromatic amines is 1. The third kappa shape index (κ3) is 7.01. The second-order valence-corrected chi connectivity index (χ2v) is 15.2. The lowest BCUT2D eigenvalue weighted by Gasteiger charge is -2.52. The standard InChI is InChI=1S/C22H28N2O2.C21H26N2O3.C2H6/c1-5-15-10-11-20-18(12-15)19-14-24(3)13-16(6-2)8-7-9-17(21(19)23-20)22(25)26-4;1-13(24)26-18-12-19-21(8-10-23-9-4-5-15(18)20(21)23)16-7-6-14(25-3)11-17(16)22(19)2;1-2/h5,8,10-12,17,23H,1,6-7,9,13-14H2,2-4H3;4-7,11,15,18-20H,8-10,12H2,1-3H3;1-2H3/b16-8-;;/t;15?,18?,19?,20?,21-;/m.0./s1. The van der Waals surface area contributed by atoms with Gasteiger partial charge in [0.25, 0.3) is 0 Å². The van der Waals surface area contributed by atoms with Crippen molar-refractivity contribution >= 4 is 34.6 Å². The minimum atomic E-state index is -0.268. The van der Waals surface area contributed by atoms with E-state index < -0.39 is 0 Å². The average Bonchev–Trinajstić information content (AvgIpc) is 3.83. The van der Waals surface area contributed by atoms with Crippen LogP contribution in [0.1, 0.15) is 88.1 Å². The van der Waals surface area contributed by atoms with Gasteiger partial charge < -0.3 is 24.1 Å². The van der Waals surface area contributed by atoms with Crippen molar-refractivity contribution in [3.05, 3.63) is 89.2 Å². The van der Waals surface area contributed by atoms with Crippen molar-refractivity contribution in [3.63, 3.8) is 0 Å². The molecule has 1 N–H and O–H groups in total. The highest BCUT2D eigenvalue weighted by molar-refractivity contribution is 5.89. The van der Waals surface area contributed by atoms with Crippen LogP contribution in [0.4, 0.5) is 5.69 Å². The molecule has 3 aromatic rings. The second-order valence-electron chi connectivity index (χ2n) is 15.2. The number of benzene rings is 2. The van der Waals surface area contributed by atoms with E-state index in [-0.39, 0.29) is 35.3 Å². The first kappa shape index (κ1) is 39.4. The number of ether oxygens (including phenoxy) is 3. The zero-order valence-corrected chi connectivity index (χ0v) is 33.6. The predicted molar refractivity (Wildman–Crippen MR) is 218 cm³/mol. The number of hydrogen-bond acceptors (Lipinski definition) is 8. The number of esters is 2. The monoisotopic (exact) mass is 736 g/mol. The Balaban J connectivity index is 0.000000176. The molecule has 6 atom stereocenters. The Morgan fingerprint density at radius 3 is 2.59 bits per heavy atom. The van der Waals surface area contributed by atoms with Crippen LogP contribution in [0.25, 0.3) is 17.0 Å². The van der Waals surface area contributed by atoms with Crippen LogP contribution in [0.2, 0.25) is 0 Å². The summed E-state index contributed by atoms with van der Waals surface area (Å²) in [6, 6.07) is 13.6. The molecule has 290 valence electrons. The molecular weight excluding hydrogens is 677 g/mol. The van der Waals surface area contributed by atoms with Crippen molar-refractivity contribution in [1.82, 2.24) is 14.8 Å². The lowest BCUT2D eigenvalue weighted by Crippen LogP contribution is -2.63. The van der Waals surface area contributed by atoms with Crippen molar-refractivity contribution in [2.75, 3.05) is 52.8 Å². The van der Waals surface area contributed by atoms with Gasteiger partial charge in [-0.05, 0) is 74.2 Å². The van der Waals surface area contributed by atoms with Gasteiger partial charge in [-0.1, -0.05) is 69.4 Å². The molecule has 1 aliphatic carbocycles. The Morgan fingerprint density at radius 1 is 1.09 bits per heavy atom. The summed E-state index contributed by atoms with van der Waals surface area (Å²) in [5, 5.41) is 1.17. The molecule has 0 radical (unpaired) electrons. The van der Waals surface area contributed by atoms with Crippen LogP contribution in [-0.2, 0) is 31.0 Å². The predicted octanol–water partition coefficient (Wildman–Crippen LogP) is 8.00. The fourth-order valence-electron chi connectivity index (χ4n) is 10.1. The smallest absolute Gasteiger partial charge is 0.314 e. The lowest BCUT2D eigenvalue weighted by atomic mass is 9.59. The third-order valence-corrected chi connectivity index (χ3v) is 12.4. The maximum atomic E-state index is 12.5. The average molecular weight is 737 g/mol. The van der Waals surface area contributed by atoms with E-state index in [1.54, 1.807) is 7.11 Å². The largest absolute Gasteiger partial charge is 0.497 e. The number of anilines is 1. The first-order chi connectivity index (χ1) is 26.1. The number of rotatable bonds is 5. The lowest BCUT2D eigenvalue weighted by molar-refractivity contribution is -0.153. The van der Waals surface area contributed by atoms with Crippen LogP contribution in [0, 0.1) is 5.92 Å². The molecule has 5 unspecified atom stereocenters. The number of fused-ring (bicyclic) bond motifs is 4. The molecule has 1 spiro atoms. The highest BCUT2D eigenvalue weighted by Crippen LogP contribution is 2.60. The molecule has 8 rings (SSSR count). The van der Waals surface area contributed by atoms with Gasteiger partial charge in [-0.25, -0.2) is 0 Å². The Kier molecular flexibility index (Phi) is 12.1. The van der Waals surface area contributed by atoms with E-state index in [0.29, 0.717) is 12.1 Å². The number of hydrogen-bond donors (Lipinski definition) is 1. The van der Waals surface area contributed by atoms with Crippen molar-refractivity contribution in [2.45, 2.75) is 95.9 Å². The van der Waals surface area contributed by atoms with Crippen LogP contribution in [0.15, 0.2) is 66.8 Å². The fourth-order valence-corrected chi connectivity index (χ4v) is 10.1. The molecule has 4 aliphatic heterocycles. The molecule has 54 heavy (non-hydrogen) atoms. The molecule has 9 nitrogen and oxygen atoms in total. The van der Waals surface area contributed by atoms with Gasteiger partial charge in [-0.3, -0.25) is 19.4 Å². The maximum Gasteiger partial charge on any atom is 0.314 e.